The lowest BCUT2D eigenvalue weighted by molar-refractivity contribution is -0.127. The van der Waals surface area contributed by atoms with Gasteiger partial charge in [0.05, 0.1) is 0 Å². The van der Waals surface area contributed by atoms with Gasteiger partial charge in [0.25, 0.3) is 0 Å². The number of aliphatic hydroxyl groups is 1. The summed E-state index contributed by atoms with van der Waals surface area (Å²) in [5.74, 6) is -0.0457. The topological polar surface area (TPSA) is 37.3 Å². The molecule has 0 aromatic rings. The minimum absolute atomic E-state index is 0.0116. The number of hydrogen-bond donors (Lipinski definition) is 1. The summed E-state index contributed by atoms with van der Waals surface area (Å²) in [6.45, 7) is 5.84. The quantitative estimate of drug-likeness (QED) is 0.635. The van der Waals surface area contributed by atoms with Crippen molar-refractivity contribution >= 4 is 5.78 Å². The summed E-state index contributed by atoms with van der Waals surface area (Å²) >= 11 is 0. The van der Waals surface area contributed by atoms with Gasteiger partial charge in [-0.05, 0) is 18.8 Å². The predicted molar refractivity (Wildman–Crippen MR) is 47.7 cm³/mol. The van der Waals surface area contributed by atoms with Crippen LogP contribution in [0.25, 0.3) is 0 Å². The predicted octanol–water partition coefficient (Wildman–Crippen LogP) is 1.54. The van der Waals surface area contributed by atoms with Crippen molar-refractivity contribution in [3.8, 4) is 0 Å². The number of hydrogen-bond acceptors (Lipinski definition) is 2. The number of allylic oxidation sites excluding steroid dienone is 2. The Morgan fingerprint density at radius 2 is 2.33 bits per heavy atom. The van der Waals surface area contributed by atoms with Crippen LogP contribution in [0.5, 0.6) is 0 Å². The molecule has 1 aliphatic rings. The molecule has 0 heterocycles. The van der Waals surface area contributed by atoms with Crippen LogP contribution in [0.4, 0.5) is 0 Å². The molecule has 1 atom stereocenters. The van der Waals surface area contributed by atoms with Gasteiger partial charge in [0.1, 0.15) is 6.61 Å². The van der Waals surface area contributed by atoms with Crippen molar-refractivity contribution in [3.05, 3.63) is 11.6 Å². The Labute approximate surface area is 73.3 Å². The molecule has 2 nitrogen and oxygen atoms in total. The maximum atomic E-state index is 11.3. The van der Waals surface area contributed by atoms with Crippen LogP contribution in [-0.4, -0.2) is 17.5 Å². The van der Waals surface area contributed by atoms with Crippen LogP contribution in [0.2, 0.25) is 0 Å². The molecular formula is C10H16O2. The zero-order valence-electron chi connectivity index (χ0n) is 7.92. The second kappa shape index (κ2) is 3.02. The molecule has 1 aliphatic carbocycles. The standard InChI is InChI=1S/C10H16O2/c1-7-4-5-8(9(12)6-11)10(7,2)3/h4,8,11H,5-6H2,1-3H3/t8-/m1/s1. The van der Waals surface area contributed by atoms with Crippen molar-refractivity contribution < 1.29 is 9.90 Å². The van der Waals surface area contributed by atoms with E-state index < -0.39 is 0 Å². The summed E-state index contributed by atoms with van der Waals surface area (Å²) in [7, 11) is 0. The van der Waals surface area contributed by atoms with Gasteiger partial charge in [-0.2, -0.15) is 0 Å². The average molecular weight is 168 g/mol. The van der Waals surface area contributed by atoms with E-state index >= 15 is 0 Å². The highest BCUT2D eigenvalue weighted by atomic mass is 16.3. The second-order valence-corrected chi connectivity index (χ2v) is 4.02. The van der Waals surface area contributed by atoms with Gasteiger partial charge in [0.2, 0.25) is 0 Å². The SMILES string of the molecule is CC1=CC[C@H](C(=O)CO)C1(C)C. The first-order valence-corrected chi connectivity index (χ1v) is 4.31. The molecule has 0 spiro atoms. The minimum Gasteiger partial charge on any atom is -0.389 e. The molecule has 12 heavy (non-hydrogen) atoms. The van der Waals surface area contributed by atoms with E-state index in [2.05, 4.69) is 19.9 Å². The van der Waals surface area contributed by atoms with E-state index in [0.29, 0.717) is 0 Å². The first kappa shape index (κ1) is 9.46. The lowest BCUT2D eigenvalue weighted by Crippen LogP contribution is -2.29. The van der Waals surface area contributed by atoms with Gasteiger partial charge in [-0.25, -0.2) is 0 Å². The first-order valence-electron chi connectivity index (χ1n) is 4.31. The van der Waals surface area contributed by atoms with Crippen LogP contribution in [0.15, 0.2) is 11.6 Å². The van der Waals surface area contributed by atoms with Crippen LogP contribution < -0.4 is 0 Å². The maximum absolute atomic E-state index is 11.3. The molecule has 0 fully saturated rings. The Hall–Kier alpha value is -0.630. The van der Waals surface area contributed by atoms with E-state index in [1.165, 1.54) is 5.57 Å². The molecule has 0 saturated heterocycles. The molecule has 2 heteroatoms. The molecular weight excluding hydrogens is 152 g/mol. The fraction of sp³-hybridized carbons (Fsp3) is 0.700. The summed E-state index contributed by atoms with van der Waals surface area (Å²) in [6.07, 6.45) is 2.89. The van der Waals surface area contributed by atoms with Gasteiger partial charge in [-0.1, -0.05) is 25.5 Å². The van der Waals surface area contributed by atoms with E-state index in [-0.39, 0.29) is 23.7 Å². The van der Waals surface area contributed by atoms with Crippen molar-refractivity contribution in [3.63, 3.8) is 0 Å². The number of rotatable bonds is 2. The minimum atomic E-state index is -0.324. The van der Waals surface area contributed by atoms with Crippen LogP contribution in [-0.2, 0) is 4.79 Å². The summed E-state index contributed by atoms with van der Waals surface area (Å²) in [6, 6.07) is 0. The molecule has 0 aromatic heterocycles. The average Bonchev–Trinajstić information content (AvgIpc) is 2.27. The number of Topliss-reactive ketones (excluding diaryl/α,β-unsaturated/α-hetero) is 1. The molecule has 0 radical (unpaired) electrons. The van der Waals surface area contributed by atoms with Crippen molar-refractivity contribution in [2.75, 3.05) is 6.61 Å². The zero-order valence-corrected chi connectivity index (χ0v) is 7.92. The summed E-state index contributed by atoms with van der Waals surface area (Å²) in [4.78, 5) is 11.3. The van der Waals surface area contributed by atoms with Crippen molar-refractivity contribution in [2.45, 2.75) is 27.2 Å². The number of ketones is 1. The van der Waals surface area contributed by atoms with Gasteiger partial charge in [0, 0.05) is 5.92 Å². The molecule has 0 aliphatic heterocycles. The number of carbonyl (C=O) groups excluding carboxylic acids is 1. The summed E-state index contributed by atoms with van der Waals surface area (Å²) in [5, 5.41) is 8.74. The third-order valence-electron chi connectivity index (χ3n) is 3.09. The zero-order chi connectivity index (χ0) is 9.35. The largest absolute Gasteiger partial charge is 0.389 e. The van der Waals surface area contributed by atoms with Crippen molar-refractivity contribution in [1.82, 2.24) is 0 Å². The van der Waals surface area contributed by atoms with E-state index in [9.17, 15) is 4.79 Å². The molecule has 0 aromatic carbocycles. The van der Waals surface area contributed by atoms with E-state index in [4.69, 9.17) is 5.11 Å². The Kier molecular flexibility index (Phi) is 2.38. The molecule has 0 saturated carbocycles. The second-order valence-electron chi connectivity index (χ2n) is 4.02. The first-order chi connectivity index (χ1) is 5.50. The number of aliphatic hydroxyl groups excluding tert-OH is 1. The highest BCUT2D eigenvalue weighted by Crippen LogP contribution is 2.43. The van der Waals surface area contributed by atoms with Gasteiger partial charge in [0.15, 0.2) is 5.78 Å². The smallest absolute Gasteiger partial charge is 0.162 e. The maximum Gasteiger partial charge on any atom is 0.162 e. The Morgan fingerprint density at radius 3 is 2.67 bits per heavy atom. The van der Waals surface area contributed by atoms with Crippen LogP contribution in [0.1, 0.15) is 27.2 Å². The molecule has 68 valence electrons. The van der Waals surface area contributed by atoms with Gasteiger partial charge in [-0.3, -0.25) is 4.79 Å². The van der Waals surface area contributed by atoms with Crippen molar-refractivity contribution in [2.24, 2.45) is 11.3 Å². The Morgan fingerprint density at radius 1 is 1.75 bits per heavy atom. The molecule has 1 rings (SSSR count). The van der Waals surface area contributed by atoms with E-state index in [1.807, 2.05) is 6.92 Å². The third kappa shape index (κ3) is 1.31. The highest BCUT2D eigenvalue weighted by molar-refractivity contribution is 5.84. The molecule has 0 bridgehead atoms. The monoisotopic (exact) mass is 168 g/mol. The molecule has 0 amide bonds. The fourth-order valence-corrected chi connectivity index (χ4v) is 1.77. The van der Waals surface area contributed by atoms with Crippen LogP contribution in [0, 0.1) is 11.3 Å². The normalized spacial score (nSPS) is 27.0. The Balaban J connectivity index is 2.80. The summed E-state index contributed by atoms with van der Waals surface area (Å²) < 4.78 is 0. The fourth-order valence-electron chi connectivity index (χ4n) is 1.77. The lowest BCUT2D eigenvalue weighted by Gasteiger charge is -2.27. The summed E-state index contributed by atoms with van der Waals surface area (Å²) in [5.41, 5.74) is 1.20. The number of carbonyl (C=O) groups is 1. The van der Waals surface area contributed by atoms with Crippen LogP contribution >= 0.6 is 0 Å². The van der Waals surface area contributed by atoms with E-state index in [1.54, 1.807) is 0 Å². The van der Waals surface area contributed by atoms with Gasteiger partial charge >= 0.3 is 0 Å². The molecule has 0 unspecified atom stereocenters. The Bertz CT molecular complexity index is 226. The van der Waals surface area contributed by atoms with Gasteiger partial charge < -0.3 is 5.11 Å². The molecule has 1 N–H and O–H groups in total. The van der Waals surface area contributed by atoms with Crippen LogP contribution in [0.3, 0.4) is 0 Å². The van der Waals surface area contributed by atoms with E-state index in [0.717, 1.165) is 6.42 Å². The van der Waals surface area contributed by atoms with Gasteiger partial charge in [-0.15, -0.1) is 0 Å². The highest BCUT2D eigenvalue weighted by Gasteiger charge is 2.38. The lowest BCUT2D eigenvalue weighted by atomic mass is 9.76. The third-order valence-corrected chi connectivity index (χ3v) is 3.09. The van der Waals surface area contributed by atoms with Crippen molar-refractivity contribution in [1.29, 1.82) is 0 Å².